The molecule has 0 aromatic heterocycles. The van der Waals surface area contributed by atoms with E-state index in [4.69, 9.17) is 5.11 Å². The summed E-state index contributed by atoms with van der Waals surface area (Å²) in [7, 11) is 0. The van der Waals surface area contributed by atoms with Crippen LogP contribution in [0.2, 0.25) is 0 Å². The van der Waals surface area contributed by atoms with Crippen LogP contribution >= 0.6 is 0 Å². The van der Waals surface area contributed by atoms with Crippen LogP contribution in [0.4, 0.5) is 0 Å². The van der Waals surface area contributed by atoms with Gasteiger partial charge in [-0.2, -0.15) is 0 Å². The van der Waals surface area contributed by atoms with Gasteiger partial charge in [-0.25, -0.2) is 4.79 Å². The number of carbonyl (C=O) groups is 1. The van der Waals surface area contributed by atoms with Gasteiger partial charge in [0.25, 0.3) is 0 Å². The van der Waals surface area contributed by atoms with Crippen LogP contribution < -0.4 is 5.32 Å². The van der Waals surface area contributed by atoms with Gasteiger partial charge in [-0.1, -0.05) is 24.8 Å². The number of hydrogen-bond donors (Lipinski definition) is 2. The Morgan fingerprint density at radius 3 is 2.53 bits per heavy atom. The number of carboxylic acids is 1. The maximum absolute atomic E-state index is 10.4. The second-order valence-electron chi connectivity index (χ2n) is 4.80. The molecule has 0 bridgehead atoms. The van der Waals surface area contributed by atoms with E-state index >= 15 is 0 Å². The van der Waals surface area contributed by atoms with Crippen LogP contribution in [0.5, 0.6) is 0 Å². The first-order chi connectivity index (χ1) is 7.02. The highest BCUT2D eigenvalue weighted by molar-refractivity contribution is 5.80. The van der Waals surface area contributed by atoms with Crippen molar-refractivity contribution in [2.24, 2.45) is 0 Å². The summed E-state index contributed by atoms with van der Waals surface area (Å²) < 4.78 is 0. The third-order valence-corrected chi connectivity index (χ3v) is 3.12. The van der Waals surface area contributed by atoms with E-state index < -0.39 is 5.97 Å². The zero-order chi connectivity index (χ0) is 11.3. The molecule has 2 N–H and O–H groups in total. The first-order valence-corrected chi connectivity index (χ1v) is 5.67. The van der Waals surface area contributed by atoms with Crippen LogP contribution in [0, 0.1) is 0 Å². The van der Waals surface area contributed by atoms with Crippen molar-refractivity contribution in [1.82, 2.24) is 5.32 Å². The van der Waals surface area contributed by atoms with Crippen LogP contribution in [-0.4, -0.2) is 23.2 Å². The molecular formula is C12H21NO2. The Labute approximate surface area is 91.6 Å². The largest absolute Gasteiger partial charge is 0.478 e. The summed E-state index contributed by atoms with van der Waals surface area (Å²) in [6, 6.07) is 0. The first kappa shape index (κ1) is 12.2. The molecule has 86 valence electrons. The average molecular weight is 211 g/mol. The summed E-state index contributed by atoms with van der Waals surface area (Å²) in [5.74, 6) is -0.858. The second-order valence-corrected chi connectivity index (χ2v) is 4.80. The summed E-state index contributed by atoms with van der Waals surface area (Å²) in [5.41, 5.74) is 1.10. The van der Waals surface area contributed by atoms with Crippen LogP contribution in [-0.2, 0) is 4.79 Å². The van der Waals surface area contributed by atoms with Gasteiger partial charge in [0.15, 0.2) is 0 Å². The quantitative estimate of drug-likeness (QED) is 0.702. The lowest BCUT2D eigenvalue weighted by atomic mass is 9.83. The smallest absolute Gasteiger partial charge is 0.328 e. The summed E-state index contributed by atoms with van der Waals surface area (Å²) in [6.07, 6.45) is 7.58. The van der Waals surface area contributed by atoms with E-state index in [1.165, 1.54) is 38.2 Å². The molecule has 1 rings (SSSR count). The first-order valence-electron chi connectivity index (χ1n) is 5.67. The Morgan fingerprint density at radius 1 is 1.40 bits per heavy atom. The molecule has 0 amide bonds. The highest BCUT2D eigenvalue weighted by Gasteiger charge is 2.25. The van der Waals surface area contributed by atoms with Crippen molar-refractivity contribution in [1.29, 1.82) is 0 Å². The van der Waals surface area contributed by atoms with Gasteiger partial charge in [0.05, 0.1) is 0 Å². The van der Waals surface area contributed by atoms with Crippen LogP contribution in [0.3, 0.4) is 0 Å². The fourth-order valence-electron chi connectivity index (χ4n) is 2.12. The maximum Gasteiger partial charge on any atom is 0.328 e. The van der Waals surface area contributed by atoms with E-state index in [2.05, 4.69) is 12.2 Å². The lowest BCUT2D eigenvalue weighted by molar-refractivity contribution is -0.131. The second kappa shape index (κ2) is 5.31. The molecule has 0 spiro atoms. The van der Waals surface area contributed by atoms with Crippen LogP contribution in [0.15, 0.2) is 11.6 Å². The topological polar surface area (TPSA) is 49.3 Å². The zero-order valence-electron chi connectivity index (χ0n) is 9.68. The number of hydrogen-bond acceptors (Lipinski definition) is 2. The van der Waals surface area contributed by atoms with Gasteiger partial charge in [0, 0.05) is 18.2 Å². The molecule has 15 heavy (non-hydrogen) atoms. The minimum atomic E-state index is -0.858. The fourth-order valence-corrected chi connectivity index (χ4v) is 2.12. The molecule has 0 aliphatic heterocycles. The van der Waals surface area contributed by atoms with Gasteiger partial charge in [0.1, 0.15) is 0 Å². The molecule has 0 aromatic rings. The molecule has 3 nitrogen and oxygen atoms in total. The number of carboxylic acid groups (broad SMARTS) is 1. The lowest BCUT2D eigenvalue weighted by Gasteiger charge is -2.35. The van der Waals surface area contributed by atoms with Crippen molar-refractivity contribution in [3.63, 3.8) is 0 Å². The highest BCUT2D eigenvalue weighted by Crippen LogP contribution is 2.27. The molecule has 0 radical (unpaired) electrons. The normalized spacial score (nSPS) is 21.3. The molecular weight excluding hydrogens is 190 g/mol. The third-order valence-electron chi connectivity index (χ3n) is 3.12. The molecule has 1 aliphatic carbocycles. The number of rotatable bonds is 4. The Hall–Kier alpha value is -0.830. The molecule has 0 heterocycles. The van der Waals surface area contributed by atoms with Crippen molar-refractivity contribution in [3.05, 3.63) is 11.6 Å². The summed E-state index contributed by atoms with van der Waals surface area (Å²) in [4.78, 5) is 10.4. The average Bonchev–Trinajstić information content (AvgIpc) is 2.15. The molecule has 1 aliphatic rings. The fraction of sp³-hybridized carbons (Fsp3) is 0.750. The van der Waals surface area contributed by atoms with Gasteiger partial charge in [-0.3, -0.25) is 0 Å². The number of aliphatic carboxylic acids is 1. The van der Waals surface area contributed by atoms with Crippen molar-refractivity contribution < 1.29 is 9.90 Å². The summed E-state index contributed by atoms with van der Waals surface area (Å²) >= 11 is 0. The van der Waals surface area contributed by atoms with E-state index in [1.54, 1.807) is 0 Å². The molecule has 0 aromatic carbocycles. The Morgan fingerprint density at radius 2 is 2.00 bits per heavy atom. The van der Waals surface area contributed by atoms with Gasteiger partial charge >= 0.3 is 5.97 Å². The van der Waals surface area contributed by atoms with Crippen molar-refractivity contribution >= 4 is 5.97 Å². The molecule has 0 atom stereocenters. The van der Waals surface area contributed by atoms with Gasteiger partial charge in [-0.15, -0.1) is 0 Å². The minimum absolute atomic E-state index is 0.214. The van der Waals surface area contributed by atoms with Crippen molar-refractivity contribution in [3.8, 4) is 0 Å². The zero-order valence-corrected chi connectivity index (χ0v) is 9.68. The van der Waals surface area contributed by atoms with Crippen molar-refractivity contribution in [2.75, 3.05) is 6.54 Å². The van der Waals surface area contributed by atoms with E-state index in [-0.39, 0.29) is 5.54 Å². The van der Waals surface area contributed by atoms with E-state index in [9.17, 15) is 4.79 Å². The molecule has 1 fully saturated rings. The number of nitrogens with one attached hydrogen (secondary N) is 1. The van der Waals surface area contributed by atoms with Gasteiger partial charge in [0.2, 0.25) is 0 Å². The standard InChI is InChI=1S/C12H21NO2/c1-10(8-11(14)15)9-13-12(2)6-4-3-5-7-12/h8,13H,3-7,9H2,1-2H3,(H,14,15). The van der Waals surface area contributed by atoms with Crippen LogP contribution in [0.1, 0.15) is 46.0 Å². The highest BCUT2D eigenvalue weighted by atomic mass is 16.4. The summed E-state index contributed by atoms with van der Waals surface area (Å²) in [6.45, 7) is 4.77. The van der Waals surface area contributed by atoms with Gasteiger partial charge in [-0.05, 0) is 26.7 Å². The maximum atomic E-state index is 10.4. The third kappa shape index (κ3) is 4.47. The molecule has 0 saturated heterocycles. The van der Waals surface area contributed by atoms with E-state index in [0.29, 0.717) is 6.54 Å². The summed E-state index contributed by atoms with van der Waals surface area (Å²) in [5, 5.41) is 12.1. The Balaban J connectivity index is 2.38. The molecule has 1 saturated carbocycles. The lowest BCUT2D eigenvalue weighted by Crippen LogP contribution is -2.44. The predicted molar refractivity (Wildman–Crippen MR) is 60.9 cm³/mol. The Kier molecular flexibility index (Phi) is 4.33. The van der Waals surface area contributed by atoms with Crippen LogP contribution in [0.25, 0.3) is 0 Å². The molecule has 3 heteroatoms. The van der Waals surface area contributed by atoms with E-state index in [0.717, 1.165) is 5.57 Å². The molecule has 0 unspecified atom stereocenters. The minimum Gasteiger partial charge on any atom is -0.478 e. The van der Waals surface area contributed by atoms with Gasteiger partial charge < -0.3 is 10.4 Å². The van der Waals surface area contributed by atoms with Crippen molar-refractivity contribution in [2.45, 2.75) is 51.5 Å². The van der Waals surface area contributed by atoms with E-state index in [1.807, 2.05) is 6.92 Å². The Bertz CT molecular complexity index is 252. The predicted octanol–water partition coefficient (Wildman–Crippen LogP) is 2.33. The SMILES string of the molecule is CC(=CC(=O)O)CNC1(C)CCCCC1. The monoisotopic (exact) mass is 211 g/mol.